The van der Waals surface area contributed by atoms with Crippen molar-refractivity contribution in [1.82, 2.24) is 10.2 Å². The van der Waals surface area contributed by atoms with Crippen LogP contribution in [0.2, 0.25) is 0 Å². The summed E-state index contributed by atoms with van der Waals surface area (Å²) in [7, 11) is 0. The summed E-state index contributed by atoms with van der Waals surface area (Å²) in [6.07, 6.45) is 3.14. The number of nitrogens with zero attached hydrogens (tertiary/aromatic N) is 2. The second-order valence-corrected chi connectivity index (χ2v) is 6.53. The van der Waals surface area contributed by atoms with Crippen LogP contribution in [-0.4, -0.2) is 29.5 Å². The molecule has 19 heavy (non-hydrogen) atoms. The molecule has 2 saturated heterocycles. The van der Waals surface area contributed by atoms with E-state index in [0.717, 1.165) is 32.5 Å². The quantitative estimate of drug-likeness (QED) is 0.823. The lowest BCUT2D eigenvalue weighted by Crippen LogP contribution is -2.30. The number of aromatic nitrogens is 2. The average Bonchev–Trinajstić information content (AvgIpc) is 3.09. The van der Waals surface area contributed by atoms with Gasteiger partial charge in [0.25, 0.3) is 0 Å². The van der Waals surface area contributed by atoms with Crippen LogP contribution in [0.25, 0.3) is 0 Å². The Hall–Kier alpha value is -0.940. The highest BCUT2D eigenvalue weighted by Gasteiger charge is 2.41. The van der Waals surface area contributed by atoms with Gasteiger partial charge in [0.2, 0.25) is 11.8 Å². The van der Waals surface area contributed by atoms with E-state index in [-0.39, 0.29) is 23.5 Å². The van der Waals surface area contributed by atoms with Crippen LogP contribution in [0.15, 0.2) is 4.42 Å². The Bertz CT molecular complexity index is 432. The van der Waals surface area contributed by atoms with E-state index in [2.05, 4.69) is 31.0 Å². The fourth-order valence-corrected chi connectivity index (χ4v) is 2.99. The topological polar surface area (TPSA) is 57.4 Å². The van der Waals surface area contributed by atoms with E-state index in [1.807, 2.05) is 0 Å². The third kappa shape index (κ3) is 2.54. The molecule has 1 aromatic heterocycles. The van der Waals surface area contributed by atoms with Crippen molar-refractivity contribution in [2.75, 3.05) is 13.2 Å². The molecule has 0 aromatic carbocycles. The van der Waals surface area contributed by atoms with Crippen LogP contribution in [0, 0.1) is 5.41 Å². The molecule has 106 valence electrons. The standard InChI is InChI=1S/C14H22N2O3/c1-14(2,3)11-9(6-8-18-11)12-15-16-13(19-12)10-5-4-7-17-10/h9-11H,4-8H2,1-3H3/t9-,10-,11-/m0/s1. The summed E-state index contributed by atoms with van der Waals surface area (Å²) in [5, 5.41) is 8.39. The minimum absolute atomic E-state index is 0.00309. The van der Waals surface area contributed by atoms with Crippen molar-refractivity contribution in [3.8, 4) is 0 Å². The maximum absolute atomic E-state index is 5.86. The highest BCUT2D eigenvalue weighted by Crippen LogP contribution is 2.41. The molecular weight excluding hydrogens is 244 g/mol. The molecule has 0 spiro atoms. The molecule has 3 heterocycles. The first-order valence-electron chi connectivity index (χ1n) is 7.12. The van der Waals surface area contributed by atoms with E-state index in [9.17, 15) is 0 Å². The van der Waals surface area contributed by atoms with Gasteiger partial charge in [-0.05, 0) is 24.7 Å². The van der Waals surface area contributed by atoms with Crippen molar-refractivity contribution in [3.05, 3.63) is 11.8 Å². The zero-order chi connectivity index (χ0) is 13.5. The molecule has 0 N–H and O–H groups in total. The Morgan fingerprint density at radius 2 is 1.79 bits per heavy atom. The molecule has 5 heteroatoms. The third-order valence-corrected chi connectivity index (χ3v) is 3.92. The Kier molecular flexibility index (Phi) is 3.35. The van der Waals surface area contributed by atoms with Crippen LogP contribution in [0.5, 0.6) is 0 Å². The lowest BCUT2D eigenvalue weighted by atomic mass is 9.81. The highest BCUT2D eigenvalue weighted by molar-refractivity contribution is 5.03. The van der Waals surface area contributed by atoms with Gasteiger partial charge in [-0.2, -0.15) is 0 Å². The maximum Gasteiger partial charge on any atom is 0.245 e. The van der Waals surface area contributed by atoms with Crippen LogP contribution in [0.4, 0.5) is 0 Å². The van der Waals surface area contributed by atoms with Gasteiger partial charge >= 0.3 is 0 Å². The summed E-state index contributed by atoms with van der Waals surface area (Å²) >= 11 is 0. The minimum atomic E-state index is -0.00309. The van der Waals surface area contributed by atoms with Crippen molar-refractivity contribution >= 4 is 0 Å². The lowest BCUT2D eigenvalue weighted by Gasteiger charge is -2.29. The average molecular weight is 266 g/mol. The molecule has 2 fully saturated rings. The van der Waals surface area contributed by atoms with Crippen molar-refractivity contribution in [1.29, 1.82) is 0 Å². The van der Waals surface area contributed by atoms with Crippen LogP contribution >= 0.6 is 0 Å². The number of hydrogen-bond donors (Lipinski definition) is 0. The SMILES string of the molecule is CC(C)(C)[C@H]1OCC[C@@H]1c1nnc([C@@H]2CCCO2)o1. The van der Waals surface area contributed by atoms with Crippen LogP contribution in [0.1, 0.15) is 63.8 Å². The van der Waals surface area contributed by atoms with E-state index in [1.165, 1.54) is 0 Å². The monoisotopic (exact) mass is 266 g/mol. The van der Waals surface area contributed by atoms with Crippen molar-refractivity contribution in [2.24, 2.45) is 5.41 Å². The van der Waals surface area contributed by atoms with E-state index >= 15 is 0 Å². The Morgan fingerprint density at radius 3 is 2.47 bits per heavy atom. The summed E-state index contributed by atoms with van der Waals surface area (Å²) in [5.41, 5.74) is 0.0830. The third-order valence-electron chi connectivity index (χ3n) is 3.92. The molecule has 5 nitrogen and oxygen atoms in total. The van der Waals surface area contributed by atoms with Gasteiger partial charge in [0, 0.05) is 13.2 Å². The molecule has 0 saturated carbocycles. The van der Waals surface area contributed by atoms with Gasteiger partial charge in [0.05, 0.1) is 12.0 Å². The van der Waals surface area contributed by atoms with Crippen molar-refractivity contribution in [2.45, 2.75) is 58.2 Å². The van der Waals surface area contributed by atoms with Crippen LogP contribution < -0.4 is 0 Å². The normalized spacial score (nSPS) is 32.1. The molecular formula is C14H22N2O3. The molecule has 3 atom stereocenters. The summed E-state index contributed by atoms with van der Waals surface area (Å²) in [4.78, 5) is 0. The van der Waals surface area contributed by atoms with E-state index in [4.69, 9.17) is 13.9 Å². The molecule has 0 amide bonds. The first kappa shape index (κ1) is 13.1. The molecule has 0 unspecified atom stereocenters. The second-order valence-electron chi connectivity index (χ2n) is 6.53. The number of ether oxygens (including phenoxy) is 2. The predicted octanol–water partition coefficient (Wildman–Crippen LogP) is 2.84. The van der Waals surface area contributed by atoms with Crippen LogP contribution in [-0.2, 0) is 9.47 Å². The molecule has 2 aliphatic rings. The number of rotatable bonds is 2. The van der Waals surface area contributed by atoms with Gasteiger partial charge in [-0.25, -0.2) is 0 Å². The fourth-order valence-electron chi connectivity index (χ4n) is 2.99. The maximum atomic E-state index is 5.86. The number of hydrogen-bond acceptors (Lipinski definition) is 5. The van der Waals surface area contributed by atoms with E-state index in [0.29, 0.717) is 11.8 Å². The fraction of sp³-hybridized carbons (Fsp3) is 0.857. The van der Waals surface area contributed by atoms with Gasteiger partial charge < -0.3 is 13.9 Å². The van der Waals surface area contributed by atoms with Gasteiger partial charge in [0.1, 0.15) is 6.10 Å². The molecule has 1 aromatic rings. The molecule has 0 aliphatic carbocycles. The first-order chi connectivity index (χ1) is 9.05. The molecule has 2 aliphatic heterocycles. The van der Waals surface area contributed by atoms with Gasteiger partial charge in [0.15, 0.2) is 0 Å². The molecule has 0 radical (unpaired) electrons. The van der Waals surface area contributed by atoms with Crippen molar-refractivity contribution in [3.63, 3.8) is 0 Å². The van der Waals surface area contributed by atoms with Gasteiger partial charge in [-0.15, -0.1) is 10.2 Å². The first-order valence-corrected chi connectivity index (χ1v) is 7.12. The second kappa shape index (κ2) is 4.87. The Morgan fingerprint density at radius 1 is 1.00 bits per heavy atom. The molecule has 3 rings (SSSR count). The van der Waals surface area contributed by atoms with E-state index in [1.54, 1.807) is 0 Å². The zero-order valence-electron chi connectivity index (χ0n) is 11.9. The van der Waals surface area contributed by atoms with E-state index < -0.39 is 0 Å². The Balaban J connectivity index is 1.78. The smallest absolute Gasteiger partial charge is 0.245 e. The lowest BCUT2D eigenvalue weighted by molar-refractivity contribution is 0.0163. The highest BCUT2D eigenvalue weighted by atomic mass is 16.5. The summed E-state index contributed by atoms with van der Waals surface area (Å²) in [5.74, 6) is 1.55. The molecule has 0 bridgehead atoms. The largest absolute Gasteiger partial charge is 0.422 e. The van der Waals surface area contributed by atoms with Crippen LogP contribution in [0.3, 0.4) is 0 Å². The van der Waals surface area contributed by atoms with Gasteiger partial charge in [-0.1, -0.05) is 20.8 Å². The summed E-state index contributed by atoms with van der Waals surface area (Å²) < 4.78 is 17.3. The summed E-state index contributed by atoms with van der Waals surface area (Å²) in [6, 6.07) is 0. The van der Waals surface area contributed by atoms with Crippen molar-refractivity contribution < 1.29 is 13.9 Å². The Labute approximate surface area is 113 Å². The minimum Gasteiger partial charge on any atom is -0.422 e. The zero-order valence-corrected chi connectivity index (χ0v) is 11.9. The predicted molar refractivity (Wildman–Crippen MR) is 68.8 cm³/mol. The van der Waals surface area contributed by atoms with Gasteiger partial charge in [-0.3, -0.25) is 0 Å². The summed E-state index contributed by atoms with van der Waals surface area (Å²) in [6.45, 7) is 8.12.